The first kappa shape index (κ1) is 18.9. The fourth-order valence-electron chi connectivity index (χ4n) is 1.65. The summed E-state index contributed by atoms with van der Waals surface area (Å²) in [7, 11) is 0. The molecule has 0 aliphatic carbocycles. The first-order valence-corrected chi connectivity index (χ1v) is 7.87. The zero-order valence-corrected chi connectivity index (χ0v) is 13.3. The van der Waals surface area contributed by atoms with Crippen LogP contribution in [0.5, 0.6) is 0 Å². The van der Waals surface area contributed by atoms with Crippen LogP contribution < -0.4 is 0 Å². The minimum absolute atomic E-state index is 0.118. The predicted octanol–water partition coefficient (Wildman–Crippen LogP) is 3.87. The molecule has 4 nitrogen and oxygen atoms in total. The third-order valence-electron chi connectivity index (χ3n) is 3.00. The van der Waals surface area contributed by atoms with E-state index in [4.69, 9.17) is 9.47 Å². The monoisotopic (exact) mass is 286 g/mol. The molecule has 0 bridgehead atoms. The average Bonchev–Trinajstić information content (AvgIpc) is 2.40. The second-order valence-corrected chi connectivity index (χ2v) is 5.54. The van der Waals surface area contributed by atoms with E-state index in [2.05, 4.69) is 20.8 Å². The predicted molar refractivity (Wildman–Crippen MR) is 79.4 cm³/mol. The molecule has 0 aromatic rings. The molecule has 0 rings (SSSR count). The lowest BCUT2D eigenvalue weighted by atomic mass is 10.1. The van der Waals surface area contributed by atoms with Crippen LogP contribution >= 0.6 is 0 Å². The average molecular weight is 286 g/mol. The third kappa shape index (κ3) is 13.4. The maximum absolute atomic E-state index is 11.4. The highest BCUT2D eigenvalue weighted by molar-refractivity contribution is 5.77. The van der Waals surface area contributed by atoms with E-state index in [1.54, 1.807) is 0 Å². The Bertz CT molecular complexity index is 261. The smallest absolute Gasteiger partial charge is 0.306 e. The number of hydrogen-bond donors (Lipinski definition) is 0. The molecule has 20 heavy (non-hydrogen) atoms. The van der Waals surface area contributed by atoms with Crippen LogP contribution in [0, 0.1) is 5.92 Å². The van der Waals surface area contributed by atoms with Gasteiger partial charge in [-0.2, -0.15) is 0 Å². The first-order valence-electron chi connectivity index (χ1n) is 7.87. The summed E-state index contributed by atoms with van der Waals surface area (Å²) in [5.74, 6) is -0.104. The fraction of sp³-hybridized carbons (Fsp3) is 0.875. The summed E-state index contributed by atoms with van der Waals surface area (Å²) in [6.07, 6.45) is 6.73. The summed E-state index contributed by atoms with van der Waals surface area (Å²) in [6.45, 7) is 7.21. The van der Waals surface area contributed by atoms with Gasteiger partial charge in [-0.3, -0.25) is 9.59 Å². The number of unbranched alkanes of at least 4 members (excludes halogenated alkanes) is 4. The van der Waals surface area contributed by atoms with Crippen molar-refractivity contribution in [3.05, 3.63) is 0 Å². The molecule has 0 aromatic heterocycles. The molecule has 0 N–H and O–H groups in total. The van der Waals surface area contributed by atoms with Gasteiger partial charge < -0.3 is 9.47 Å². The topological polar surface area (TPSA) is 52.6 Å². The molecule has 4 heteroatoms. The van der Waals surface area contributed by atoms with Crippen molar-refractivity contribution in [3.8, 4) is 0 Å². The zero-order valence-electron chi connectivity index (χ0n) is 13.3. The van der Waals surface area contributed by atoms with Crippen molar-refractivity contribution < 1.29 is 19.1 Å². The quantitative estimate of drug-likeness (QED) is 0.404. The van der Waals surface area contributed by atoms with Crippen LogP contribution in [0.4, 0.5) is 0 Å². The van der Waals surface area contributed by atoms with E-state index in [1.807, 2.05) is 0 Å². The van der Waals surface area contributed by atoms with Crippen molar-refractivity contribution in [1.29, 1.82) is 0 Å². The largest absolute Gasteiger partial charge is 0.466 e. The SMILES string of the molecule is CCCCCCCOC(=O)CCC(=O)OCCC(C)C. The summed E-state index contributed by atoms with van der Waals surface area (Å²) < 4.78 is 10.1. The van der Waals surface area contributed by atoms with Crippen LogP contribution in [-0.4, -0.2) is 25.2 Å². The Kier molecular flexibility index (Phi) is 12.3. The molecule has 0 radical (unpaired) electrons. The standard InChI is InChI=1S/C16H30O4/c1-4-5-6-7-8-12-19-15(17)9-10-16(18)20-13-11-14(2)3/h14H,4-13H2,1-3H3. The van der Waals surface area contributed by atoms with E-state index in [0.717, 1.165) is 19.3 Å². The van der Waals surface area contributed by atoms with Crippen molar-refractivity contribution in [2.75, 3.05) is 13.2 Å². The van der Waals surface area contributed by atoms with Gasteiger partial charge in [0, 0.05) is 0 Å². The van der Waals surface area contributed by atoms with Gasteiger partial charge in [-0.15, -0.1) is 0 Å². The van der Waals surface area contributed by atoms with Crippen molar-refractivity contribution in [1.82, 2.24) is 0 Å². The molecule has 0 spiro atoms. The van der Waals surface area contributed by atoms with E-state index in [-0.39, 0.29) is 24.8 Å². The van der Waals surface area contributed by atoms with Crippen molar-refractivity contribution in [2.45, 2.75) is 72.1 Å². The molecule has 0 aliphatic rings. The van der Waals surface area contributed by atoms with E-state index >= 15 is 0 Å². The van der Waals surface area contributed by atoms with Gasteiger partial charge in [-0.1, -0.05) is 46.5 Å². The summed E-state index contributed by atoms with van der Waals surface area (Å²) in [5, 5.41) is 0. The lowest BCUT2D eigenvalue weighted by molar-refractivity contribution is -0.150. The summed E-state index contributed by atoms with van der Waals surface area (Å²) in [5.41, 5.74) is 0. The van der Waals surface area contributed by atoms with E-state index < -0.39 is 0 Å². The normalized spacial score (nSPS) is 10.6. The van der Waals surface area contributed by atoms with Gasteiger partial charge in [0.2, 0.25) is 0 Å². The van der Waals surface area contributed by atoms with Crippen LogP contribution in [0.2, 0.25) is 0 Å². The van der Waals surface area contributed by atoms with Gasteiger partial charge >= 0.3 is 11.9 Å². The van der Waals surface area contributed by atoms with Gasteiger partial charge in [0.25, 0.3) is 0 Å². The van der Waals surface area contributed by atoms with Gasteiger partial charge in [0.15, 0.2) is 0 Å². The molecule has 0 atom stereocenters. The number of carbonyl (C=O) groups is 2. The van der Waals surface area contributed by atoms with Gasteiger partial charge in [0.05, 0.1) is 26.1 Å². The fourth-order valence-corrected chi connectivity index (χ4v) is 1.65. The Morgan fingerprint density at radius 3 is 1.95 bits per heavy atom. The summed E-state index contributed by atoms with van der Waals surface area (Å²) >= 11 is 0. The van der Waals surface area contributed by atoms with Crippen LogP contribution in [0.25, 0.3) is 0 Å². The highest BCUT2D eigenvalue weighted by atomic mass is 16.5. The van der Waals surface area contributed by atoms with Crippen LogP contribution in [0.15, 0.2) is 0 Å². The molecule has 0 aromatic carbocycles. The molecular weight excluding hydrogens is 256 g/mol. The minimum Gasteiger partial charge on any atom is -0.466 e. The Morgan fingerprint density at radius 1 is 0.850 bits per heavy atom. The molecule has 0 fully saturated rings. The number of ether oxygens (including phenoxy) is 2. The second-order valence-electron chi connectivity index (χ2n) is 5.54. The summed E-state index contributed by atoms with van der Waals surface area (Å²) in [4.78, 5) is 22.7. The number of carbonyl (C=O) groups excluding carboxylic acids is 2. The molecule has 0 unspecified atom stereocenters. The molecule has 0 saturated heterocycles. The van der Waals surface area contributed by atoms with Crippen molar-refractivity contribution >= 4 is 11.9 Å². The Hall–Kier alpha value is -1.06. The van der Waals surface area contributed by atoms with Crippen molar-refractivity contribution in [3.63, 3.8) is 0 Å². The Labute approximate surface area is 123 Å². The number of rotatable bonds is 12. The van der Waals surface area contributed by atoms with Crippen molar-refractivity contribution in [2.24, 2.45) is 5.92 Å². The van der Waals surface area contributed by atoms with Gasteiger partial charge in [-0.25, -0.2) is 0 Å². The molecule has 0 saturated carbocycles. The molecule has 0 aliphatic heterocycles. The molecule has 118 valence electrons. The molecular formula is C16H30O4. The molecule has 0 amide bonds. The Balaban J connectivity index is 3.41. The Morgan fingerprint density at radius 2 is 1.40 bits per heavy atom. The lowest BCUT2D eigenvalue weighted by Gasteiger charge is -2.07. The third-order valence-corrected chi connectivity index (χ3v) is 3.00. The number of hydrogen-bond acceptors (Lipinski definition) is 4. The number of esters is 2. The van der Waals surface area contributed by atoms with E-state index in [1.165, 1.54) is 19.3 Å². The van der Waals surface area contributed by atoms with Gasteiger partial charge in [-0.05, 0) is 18.8 Å². The minimum atomic E-state index is -0.314. The summed E-state index contributed by atoms with van der Waals surface area (Å²) in [6, 6.07) is 0. The maximum Gasteiger partial charge on any atom is 0.306 e. The lowest BCUT2D eigenvalue weighted by Crippen LogP contribution is -2.12. The first-order chi connectivity index (χ1) is 9.56. The van der Waals surface area contributed by atoms with E-state index in [9.17, 15) is 9.59 Å². The van der Waals surface area contributed by atoms with E-state index in [0.29, 0.717) is 19.1 Å². The van der Waals surface area contributed by atoms with Gasteiger partial charge in [0.1, 0.15) is 0 Å². The highest BCUT2D eigenvalue weighted by Crippen LogP contribution is 2.04. The second kappa shape index (κ2) is 12.9. The maximum atomic E-state index is 11.4. The zero-order chi connectivity index (χ0) is 15.2. The van der Waals surface area contributed by atoms with Crippen LogP contribution in [0.3, 0.4) is 0 Å². The van der Waals surface area contributed by atoms with Crippen LogP contribution in [0.1, 0.15) is 72.1 Å². The molecule has 0 heterocycles. The highest BCUT2D eigenvalue weighted by Gasteiger charge is 2.09. The van der Waals surface area contributed by atoms with Crippen LogP contribution in [-0.2, 0) is 19.1 Å².